The minimum Gasteiger partial charge on any atom is -0.377 e. The molecule has 1 aromatic carbocycles. The number of rotatable bonds is 7. The molecule has 0 aliphatic heterocycles. The summed E-state index contributed by atoms with van der Waals surface area (Å²) in [6.45, 7) is 9.01. The van der Waals surface area contributed by atoms with Gasteiger partial charge in [0.05, 0.1) is 6.61 Å². The second-order valence-electron chi connectivity index (χ2n) is 4.50. The van der Waals surface area contributed by atoms with Gasteiger partial charge in [-0.2, -0.15) is 0 Å². The van der Waals surface area contributed by atoms with E-state index < -0.39 is 0 Å². The van der Waals surface area contributed by atoms with Crippen LogP contribution >= 0.6 is 0 Å². The average molecular weight is 221 g/mol. The van der Waals surface area contributed by atoms with Gasteiger partial charge in [-0.15, -0.1) is 0 Å². The number of benzene rings is 1. The smallest absolute Gasteiger partial charge is 0.0716 e. The standard InChI is InChI=1S/C14H23NO/c1-12(2)15-8-5-9-16-11-14-7-4-6-13(3)10-14/h4,6-7,10,12,15H,5,8-9,11H2,1-3H3. The lowest BCUT2D eigenvalue weighted by Gasteiger charge is -2.08. The quantitative estimate of drug-likeness (QED) is 0.715. The molecule has 16 heavy (non-hydrogen) atoms. The van der Waals surface area contributed by atoms with Gasteiger partial charge in [0, 0.05) is 12.6 Å². The maximum absolute atomic E-state index is 5.62. The minimum absolute atomic E-state index is 0.566. The van der Waals surface area contributed by atoms with E-state index in [0.29, 0.717) is 6.04 Å². The van der Waals surface area contributed by atoms with Crippen molar-refractivity contribution in [1.29, 1.82) is 0 Å². The van der Waals surface area contributed by atoms with Gasteiger partial charge in [0.1, 0.15) is 0 Å². The van der Waals surface area contributed by atoms with Gasteiger partial charge in [-0.25, -0.2) is 0 Å². The lowest BCUT2D eigenvalue weighted by atomic mass is 10.1. The molecule has 0 aromatic heterocycles. The number of ether oxygens (including phenoxy) is 1. The van der Waals surface area contributed by atoms with Crippen molar-refractivity contribution in [1.82, 2.24) is 5.32 Å². The average Bonchev–Trinajstić information content (AvgIpc) is 2.23. The molecule has 0 spiro atoms. The molecule has 0 amide bonds. The zero-order valence-electron chi connectivity index (χ0n) is 10.6. The number of aryl methyl sites for hydroxylation is 1. The molecule has 0 saturated carbocycles. The van der Waals surface area contributed by atoms with E-state index in [4.69, 9.17) is 4.74 Å². The molecule has 0 radical (unpaired) electrons. The predicted octanol–water partition coefficient (Wildman–Crippen LogP) is 2.90. The third-order valence-corrected chi connectivity index (χ3v) is 2.37. The molecular formula is C14H23NO. The molecule has 1 rings (SSSR count). The summed E-state index contributed by atoms with van der Waals surface area (Å²) in [5.41, 5.74) is 2.55. The second-order valence-corrected chi connectivity index (χ2v) is 4.50. The first-order valence-corrected chi connectivity index (χ1v) is 6.05. The van der Waals surface area contributed by atoms with Crippen LogP contribution < -0.4 is 5.32 Å². The van der Waals surface area contributed by atoms with Crippen LogP contribution in [0.25, 0.3) is 0 Å². The molecule has 0 fully saturated rings. The molecule has 0 heterocycles. The molecule has 1 N–H and O–H groups in total. The normalized spacial score (nSPS) is 11.0. The summed E-state index contributed by atoms with van der Waals surface area (Å²) in [4.78, 5) is 0. The van der Waals surface area contributed by atoms with E-state index in [1.807, 2.05) is 0 Å². The number of nitrogens with one attached hydrogen (secondary N) is 1. The second kappa shape index (κ2) is 7.42. The van der Waals surface area contributed by atoms with Gasteiger partial charge in [-0.05, 0) is 25.5 Å². The largest absolute Gasteiger partial charge is 0.377 e. The topological polar surface area (TPSA) is 21.3 Å². The predicted molar refractivity (Wildman–Crippen MR) is 68.6 cm³/mol. The molecule has 1 aromatic rings. The molecule has 0 aliphatic carbocycles. The Morgan fingerprint density at radius 3 is 2.81 bits per heavy atom. The van der Waals surface area contributed by atoms with Crippen LogP contribution in [0, 0.1) is 6.92 Å². The highest BCUT2D eigenvalue weighted by atomic mass is 16.5. The molecule has 0 bridgehead atoms. The lowest BCUT2D eigenvalue weighted by molar-refractivity contribution is 0.118. The third kappa shape index (κ3) is 5.89. The van der Waals surface area contributed by atoms with Crippen molar-refractivity contribution < 1.29 is 4.74 Å². The monoisotopic (exact) mass is 221 g/mol. The van der Waals surface area contributed by atoms with Crippen LogP contribution in [0.1, 0.15) is 31.4 Å². The minimum atomic E-state index is 0.566. The van der Waals surface area contributed by atoms with E-state index >= 15 is 0 Å². The Labute approximate surface area is 99.0 Å². The first-order chi connectivity index (χ1) is 7.68. The zero-order chi connectivity index (χ0) is 11.8. The Morgan fingerprint density at radius 2 is 2.12 bits per heavy atom. The van der Waals surface area contributed by atoms with Crippen LogP contribution in [0.5, 0.6) is 0 Å². The summed E-state index contributed by atoms with van der Waals surface area (Å²) in [6.07, 6.45) is 1.07. The van der Waals surface area contributed by atoms with E-state index in [0.717, 1.165) is 26.2 Å². The Kier molecular flexibility index (Phi) is 6.12. The summed E-state index contributed by atoms with van der Waals surface area (Å²) >= 11 is 0. The van der Waals surface area contributed by atoms with Gasteiger partial charge >= 0.3 is 0 Å². The van der Waals surface area contributed by atoms with Crippen LogP contribution in [-0.2, 0) is 11.3 Å². The SMILES string of the molecule is Cc1cccc(COCCCNC(C)C)c1. The van der Waals surface area contributed by atoms with Gasteiger partial charge in [0.2, 0.25) is 0 Å². The number of hydrogen-bond donors (Lipinski definition) is 1. The molecule has 2 nitrogen and oxygen atoms in total. The van der Waals surface area contributed by atoms with Crippen molar-refractivity contribution >= 4 is 0 Å². The van der Waals surface area contributed by atoms with E-state index in [1.54, 1.807) is 0 Å². The number of hydrogen-bond acceptors (Lipinski definition) is 2. The van der Waals surface area contributed by atoms with Crippen LogP contribution in [0.4, 0.5) is 0 Å². The molecule has 0 unspecified atom stereocenters. The van der Waals surface area contributed by atoms with Crippen molar-refractivity contribution in [2.75, 3.05) is 13.2 Å². The van der Waals surface area contributed by atoms with E-state index in [1.165, 1.54) is 11.1 Å². The Bertz CT molecular complexity index is 297. The van der Waals surface area contributed by atoms with Crippen molar-refractivity contribution in [3.63, 3.8) is 0 Å². The summed E-state index contributed by atoms with van der Waals surface area (Å²) in [6, 6.07) is 9.03. The lowest BCUT2D eigenvalue weighted by Crippen LogP contribution is -2.24. The van der Waals surface area contributed by atoms with E-state index in [9.17, 15) is 0 Å². The van der Waals surface area contributed by atoms with Crippen LogP contribution in [0.2, 0.25) is 0 Å². The van der Waals surface area contributed by atoms with Gasteiger partial charge in [-0.1, -0.05) is 43.7 Å². The van der Waals surface area contributed by atoms with E-state index in [2.05, 4.69) is 50.4 Å². The van der Waals surface area contributed by atoms with Crippen LogP contribution in [0.3, 0.4) is 0 Å². The van der Waals surface area contributed by atoms with Gasteiger partial charge in [0.25, 0.3) is 0 Å². The molecular weight excluding hydrogens is 198 g/mol. The fourth-order valence-electron chi connectivity index (χ4n) is 1.56. The first kappa shape index (κ1) is 13.2. The molecule has 2 heteroatoms. The molecule has 90 valence electrons. The highest BCUT2D eigenvalue weighted by Crippen LogP contribution is 2.05. The van der Waals surface area contributed by atoms with Gasteiger partial charge in [-0.3, -0.25) is 0 Å². The summed E-state index contributed by atoms with van der Waals surface area (Å²) in [5.74, 6) is 0. The van der Waals surface area contributed by atoms with Crippen LogP contribution in [-0.4, -0.2) is 19.2 Å². The highest BCUT2D eigenvalue weighted by molar-refractivity contribution is 5.21. The fraction of sp³-hybridized carbons (Fsp3) is 0.571. The maximum Gasteiger partial charge on any atom is 0.0716 e. The van der Waals surface area contributed by atoms with Crippen molar-refractivity contribution in [2.45, 2.75) is 39.8 Å². The van der Waals surface area contributed by atoms with E-state index in [-0.39, 0.29) is 0 Å². The Balaban J connectivity index is 2.07. The molecule has 0 atom stereocenters. The highest BCUT2D eigenvalue weighted by Gasteiger charge is 1.95. The zero-order valence-corrected chi connectivity index (χ0v) is 10.6. The molecule has 0 saturated heterocycles. The van der Waals surface area contributed by atoms with Crippen molar-refractivity contribution in [3.05, 3.63) is 35.4 Å². The Morgan fingerprint density at radius 1 is 1.31 bits per heavy atom. The van der Waals surface area contributed by atoms with Gasteiger partial charge in [0.15, 0.2) is 0 Å². The maximum atomic E-state index is 5.62. The van der Waals surface area contributed by atoms with Gasteiger partial charge < -0.3 is 10.1 Å². The fourth-order valence-corrected chi connectivity index (χ4v) is 1.56. The summed E-state index contributed by atoms with van der Waals surface area (Å²) in [7, 11) is 0. The molecule has 0 aliphatic rings. The summed E-state index contributed by atoms with van der Waals surface area (Å²) in [5, 5.41) is 3.37. The van der Waals surface area contributed by atoms with Crippen LogP contribution in [0.15, 0.2) is 24.3 Å². The first-order valence-electron chi connectivity index (χ1n) is 6.05. The third-order valence-electron chi connectivity index (χ3n) is 2.37. The van der Waals surface area contributed by atoms with Crippen molar-refractivity contribution in [3.8, 4) is 0 Å². The van der Waals surface area contributed by atoms with Crippen molar-refractivity contribution in [2.24, 2.45) is 0 Å². The Hall–Kier alpha value is -0.860. The summed E-state index contributed by atoms with van der Waals surface area (Å²) < 4.78 is 5.62.